The zero-order valence-corrected chi connectivity index (χ0v) is 13.2. The lowest BCUT2D eigenvalue weighted by Crippen LogP contribution is -2.18. The zero-order valence-electron chi connectivity index (χ0n) is 11.6. The second-order valence-electron chi connectivity index (χ2n) is 6.09. The van der Waals surface area contributed by atoms with Crippen molar-refractivity contribution in [3.63, 3.8) is 0 Å². The summed E-state index contributed by atoms with van der Waals surface area (Å²) in [5.41, 5.74) is 0. The Morgan fingerprint density at radius 2 is 0.944 bits per heavy atom. The van der Waals surface area contributed by atoms with Crippen molar-refractivity contribution in [2.45, 2.75) is 77.4 Å². The van der Waals surface area contributed by atoms with Gasteiger partial charge in [0.15, 0.2) is 0 Å². The Balaban J connectivity index is 1.48. The molecule has 0 aromatic heterocycles. The van der Waals surface area contributed by atoms with Gasteiger partial charge in [-0.15, -0.1) is 0 Å². The standard InChI is InChI=1S/C14H26O2S2/c1-11-3-7-13(8-4-11)15-17-18-16-14-9-5-12(2)6-10-14/h11-14H,3-10H2,1-2H3. The van der Waals surface area contributed by atoms with Crippen molar-refractivity contribution in [1.29, 1.82) is 0 Å². The van der Waals surface area contributed by atoms with Crippen molar-refractivity contribution in [1.82, 2.24) is 0 Å². The van der Waals surface area contributed by atoms with E-state index in [1.54, 1.807) is 0 Å². The highest BCUT2D eigenvalue weighted by molar-refractivity contribution is 8.73. The van der Waals surface area contributed by atoms with E-state index in [0.29, 0.717) is 12.2 Å². The summed E-state index contributed by atoms with van der Waals surface area (Å²) < 4.78 is 11.6. The van der Waals surface area contributed by atoms with Crippen LogP contribution in [-0.4, -0.2) is 12.2 Å². The predicted molar refractivity (Wildman–Crippen MR) is 80.2 cm³/mol. The van der Waals surface area contributed by atoms with E-state index in [9.17, 15) is 0 Å². The molecule has 0 atom stereocenters. The second kappa shape index (κ2) is 8.03. The van der Waals surface area contributed by atoms with Crippen LogP contribution in [0.4, 0.5) is 0 Å². The van der Waals surface area contributed by atoms with Gasteiger partial charge in [0, 0.05) is 0 Å². The minimum absolute atomic E-state index is 0.452. The first-order chi connectivity index (χ1) is 8.74. The second-order valence-corrected chi connectivity index (χ2v) is 7.57. The molecule has 2 aliphatic carbocycles. The van der Waals surface area contributed by atoms with Gasteiger partial charge in [-0.05, 0) is 63.2 Å². The van der Waals surface area contributed by atoms with Crippen molar-refractivity contribution in [2.75, 3.05) is 0 Å². The van der Waals surface area contributed by atoms with Gasteiger partial charge in [0.05, 0.1) is 34.4 Å². The largest absolute Gasteiger partial charge is 0.300 e. The quantitative estimate of drug-likeness (QED) is 0.384. The van der Waals surface area contributed by atoms with Crippen LogP contribution in [0, 0.1) is 11.8 Å². The van der Waals surface area contributed by atoms with E-state index >= 15 is 0 Å². The summed E-state index contributed by atoms with van der Waals surface area (Å²) in [6.07, 6.45) is 11.0. The number of hydrogen-bond acceptors (Lipinski definition) is 4. The van der Waals surface area contributed by atoms with E-state index in [0.717, 1.165) is 11.8 Å². The molecule has 0 unspecified atom stereocenters. The third-order valence-corrected chi connectivity index (χ3v) is 5.70. The summed E-state index contributed by atoms with van der Waals surface area (Å²) in [5.74, 6) is 1.78. The maximum atomic E-state index is 5.80. The molecule has 0 radical (unpaired) electrons. The van der Waals surface area contributed by atoms with Crippen LogP contribution < -0.4 is 0 Å². The van der Waals surface area contributed by atoms with Gasteiger partial charge < -0.3 is 8.37 Å². The highest BCUT2D eigenvalue weighted by atomic mass is 33.1. The smallest absolute Gasteiger partial charge is 0.0928 e. The zero-order chi connectivity index (χ0) is 12.8. The van der Waals surface area contributed by atoms with E-state index in [4.69, 9.17) is 8.37 Å². The monoisotopic (exact) mass is 290 g/mol. The molecule has 0 saturated heterocycles. The summed E-state index contributed by atoms with van der Waals surface area (Å²) in [5, 5.41) is 0. The van der Waals surface area contributed by atoms with Crippen molar-refractivity contribution in [3.8, 4) is 0 Å². The van der Waals surface area contributed by atoms with E-state index < -0.39 is 0 Å². The Morgan fingerprint density at radius 1 is 0.611 bits per heavy atom. The molecule has 0 bridgehead atoms. The van der Waals surface area contributed by atoms with Gasteiger partial charge in [0.2, 0.25) is 0 Å². The first kappa shape index (κ1) is 15.0. The lowest BCUT2D eigenvalue weighted by Gasteiger charge is -2.26. The molecule has 0 amide bonds. The Bertz CT molecular complexity index is 198. The van der Waals surface area contributed by atoms with Gasteiger partial charge in [-0.3, -0.25) is 0 Å². The summed E-state index contributed by atoms with van der Waals surface area (Å²) in [6.45, 7) is 4.68. The molecule has 2 nitrogen and oxygen atoms in total. The van der Waals surface area contributed by atoms with Gasteiger partial charge >= 0.3 is 0 Å². The van der Waals surface area contributed by atoms with Gasteiger partial charge in [-0.25, -0.2) is 0 Å². The van der Waals surface area contributed by atoms with Crippen LogP contribution in [0.1, 0.15) is 65.2 Å². The SMILES string of the molecule is CC1CCC(OSSOC2CCC(C)CC2)CC1. The van der Waals surface area contributed by atoms with Crippen LogP contribution in [0.2, 0.25) is 0 Å². The molecule has 2 fully saturated rings. The number of hydrogen-bond donors (Lipinski definition) is 0. The van der Waals surface area contributed by atoms with E-state index in [1.165, 1.54) is 73.5 Å². The molecule has 2 aliphatic rings. The van der Waals surface area contributed by atoms with Crippen molar-refractivity contribution < 1.29 is 8.37 Å². The van der Waals surface area contributed by atoms with Crippen molar-refractivity contribution in [2.24, 2.45) is 11.8 Å². The molecule has 0 N–H and O–H groups in total. The van der Waals surface area contributed by atoms with E-state index in [1.807, 2.05) is 0 Å². The summed E-state index contributed by atoms with van der Waals surface area (Å²) in [4.78, 5) is 0. The van der Waals surface area contributed by atoms with E-state index in [-0.39, 0.29) is 0 Å². The van der Waals surface area contributed by atoms with Gasteiger partial charge in [0.25, 0.3) is 0 Å². The maximum absolute atomic E-state index is 5.80. The topological polar surface area (TPSA) is 18.5 Å². The average Bonchev–Trinajstić information content (AvgIpc) is 2.39. The van der Waals surface area contributed by atoms with Crippen molar-refractivity contribution >= 4 is 22.1 Å². The van der Waals surface area contributed by atoms with Crippen LogP contribution in [0.25, 0.3) is 0 Å². The third kappa shape index (κ3) is 5.32. The molecular weight excluding hydrogens is 264 g/mol. The highest BCUT2D eigenvalue weighted by Gasteiger charge is 2.21. The lowest BCUT2D eigenvalue weighted by molar-refractivity contribution is 0.156. The molecule has 2 saturated carbocycles. The Morgan fingerprint density at radius 3 is 1.28 bits per heavy atom. The molecule has 0 aromatic rings. The maximum Gasteiger partial charge on any atom is 0.0928 e. The summed E-state index contributed by atoms with van der Waals surface area (Å²) in [7, 11) is 0. The van der Waals surface area contributed by atoms with Crippen LogP contribution in [0.3, 0.4) is 0 Å². The van der Waals surface area contributed by atoms with E-state index in [2.05, 4.69) is 13.8 Å². The van der Waals surface area contributed by atoms with Crippen LogP contribution in [-0.2, 0) is 8.37 Å². The molecule has 0 heterocycles. The molecule has 0 aromatic carbocycles. The fourth-order valence-electron chi connectivity index (χ4n) is 2.79. The Kier molecular flexibility index (Phi) is 6.70. The fraction of sp³-hybridized carbons (Fsp3) is 1.00. The van der Waals surface area contributed by atoms with Crippen LogP contribution >= 0.6 is 22.1 Å². The Labute approximate surface area is 120 Å². The molecule has 18 heavy (non-hydrogen) atoms. The summed E-state index contributed by atoms with van der Waals surface area (Å²) in [6, 6.07) is 0. The molecule has 0 spiro atoms. The Hall–Kier alpha value is 0.620. The molecule has 2 rings (SSSR count). The third-order valence-electron chi connectivity index (χ3n) is 4.30. The van der Waals surface area contributed by atoms with Crippen LogP contribution in [0.15, 0.2) is 0 Å². The normalized spacial score (nSPS) is 37.7. The highest BCUT2D eigenvalue weighted by Crippen LogP contribution is 2.35. The van der Waals surface area contributed by atoms with Gasteiger partial charge in [-0.1, -0.05) is 13.8 Å². The first-order valence-corrected chi connectivity index (χ1v) is 9.39. The van der Waals surface area contributed by atoms with Crippen molar-refractivity contribution in [3.05, 3.63) is 0 Å². The minimum atomic E-state index is 0.452. The van der Waals surface area contributed by atoms with Gasteiger partial charge in [-0.2, -0.15) is 0 Å². The summed E-state index contributed by atoms with van der Waals surface area (Å²) >= 11 is 2.90. The molecular formula is C14H26O2S2. The molecule has 4 heteroatoms. The lowest BCUT2D eigenvalue weighted by atomic mass is 9.89. The minimum Gasteiger partial charge on any atom is -0.300 e. The molecule has 106 valence electrons. The number of rotatable bonds is 5. The molecule has 0 aliphatic heterocycles. The van der Waals surface area contributed by atoms with Crippen LogP contribution in [0.5, 0.6) is 0 Å². The fourth-order valence-corrected chi connectivity index (χ4v) is 4.33. The predicted octanol–water partition coefficient (Wildman–Crippen LogP) is 5.39. The average molecular weight is 290 g/mol. The van der Waals surface area contributed by atoms with Gasteiger partial charge in [0.1, 0.15) is 0 Å². The first-order valence-electron chi connectivity index (χ1n) is 7.39.